The molecule has 9 heteroatoms. The van der Waals surface area contributed by atoms with Crippen molar-refractivity contribution in [1.29, 1.82) is 0 Å². The molecule has 0 saturated carbocycles. The van der Waals surface area contributed by atoms with Crippen LogP contribution in [0.5, 0.6) is 0 Å². The third kappa shape index (κ3) is 4.90. The van der Waals surface area contributed by atoms with Gasteiger partial charge in [-0.1, -0.05) is 12.1 Å². The second kappa shape index (κ2) is 9.68. The van der Waals surface area contributed by atoms with Gasteiger partial charge in [-0.2, -0.15) is 4.31 Å². The van der Waals surface area contributed by atoms with Gasteiger partial charge in [0.2, 0.25) is 15.9 Å². The molecule has 0 spiro atoms. The highest BCUT2D eigenvalue weighted by Crippen LogP contribution is 2.22. The summed E-state index contributed by atoms with van der Waals surface area (Å²) in [6, 6.07) is 10.4. The minimum atomic E-state index is -3.77. The standard InChI is InChI=1S/C25H27FN2O5S/c1-17-4-9-21-18(2)22(25(30)33-23(21)16-17)10-11-24(29)27-12-3-13-28(15-14-27)34(31,32)20-7-5-19(26)6-8-20/h4-9,16H,3,10-15H2,1-2H3. The Morgan fingerprint density at radius 2 is 1.76 bits per heavy atom. The van der Waals surface area contributed by atoms with Crippen molar-refractivity contribution in [2.45, 2.75) is 38.0 Å². The normalized spacial score (nSPS) is 15.4. The quantitative estimate of drug-likeness (QED) is 0.516. The summed E-state index contributed by atoms with van der Waals surface area (Å²) in [5.74, 6) is -0.638. The smallest absolute Gasteiger partial charge is 0.339 e. The summed E-state index contributed by atoms with van der Waals surface area (Å²) in [6.45, 7) is 4.90. The van der Waals surface area contributed by atoms with Crippen LogP contribution in [0.25, 0.3) is 11.0 Å². The average Bonchev–Trinajstić information content (AvgIpc) is 3.06. The SMILES string of the molecule is Cc1ccc2c(C)c(CCC(=O)N3CCCN(S(=O)(=O)c4ccc(F)cc4)CC3)c(=O)oc2c1. The number of hydrogen-bond acceptors (Lipinski definition) is 5. The summed E-state index contributed by atoms with van der Waals surface area (Å²) in [7, 11) is -3.77. The zero-order valence-electron chi connectivity index (χ0n) is 19.2. The molecule has 1 fully saturated rings. The van der Waals surface area contributed by atoms with Gasteiger partial charge in [-0.25, -0.2) is 17.6 Å². The average molecular weight is 487 g/mol. The highest BCUT2D eigenvalue weighted by Gasteiger charge is 2.28. The molecule has 1 aliphatic rings. The molecule has 0 unspecified atom stereocenters. The predicted octanol–water partition coefficient (Wildman–Crippen LogP) is 3.40. The monoisotopic (exact) mass is 486 g/mol. The molecule has 1 saturated heterocycles. The summed E-state index contributed by atoms with van der Waals surface area (Å²) in [5, 5.41) is 0.851. The van der Waals surface area contributed by atoms with E-state index in [0.717, 1.165) is 28.6 Å². The lowest BCUT2D eigenvalue weighted by atomic mass is 10.0. The van der Waals surface area contributed by atoms with E-state index < -0.39 is 21.5 Å². The maximum atomic E-state index is 13.2. The number of carbonyl (C=O) groups is 1. The van der Waals surface area contributed by atoms with Crippen LogP contribution in [0.1, 0.15) is 29.5 Å². The number of nitrogens with zero attached hydrogens (tertiary/aromatic N) is 2. The van der Waals surface area contributed by atoms with Gasteiger partial charge in [0.15, 0.2) is 0 Å². The van der Waals surface area contributed by atoms with Crippen LogP contribution in [0, 0.1) is 19.7 Å². The lowest BCUT2D eigenvalue weighted by Crippen LogP contribution is -2.37. The molecule has 0 radical (unpaired) electrons. The number of benzene rings is 2. The van der Waals surface area contributed by atoms with E-state index in [4.69, 9.17) is 4.42 Å². The first-order valence-corrected chi connectivity index (χ1v) is 12.7. The largest absolute Gasteiger partial charge is 0.423 e. The van der Waals surface area contributed by atoms with E-state index in [1.165, 1.54) is 16.4 Å². The summed E-state index contributed by atoms with van der Waals surface area (Å²) in [5.41, 5.74) is 2.39. The molecule has 2 heterocycles. The van der Waals surface area contributed by atoms with Crippen molar-refractivity contribution >= 4 is 26.9 Å². The first-order valence-electron chi connectivity index (χ1n) is 11.2. The zero-order chi connectivity index (χ0) is 24.5. The van der Waals surface area contributed by atoms with Crippen molar-refractivity contribution in [2.75, 3.05) is 26.2 Å². The minimum absolute atomic E-state index is 0.0300. The van der Waals surface area contributed by atoms with Gasteiger partial charge in [0.25, 0.3) is 0 Å². The van der Waals surface area contributed by atoms with E-state index in [1.807, 2.05) is 32.0 Å². The van der Waals surface area contributed by atoms with Crippen LogP contribution in [-0.2, 0) is 21.2 Å². The summed E-state index contributed by atoms with van der Waals surface area (Å²) in [4.78, 5) is 27.1. The molecular weight excluding hydrogens is 459 g/mol. The first kappa shape index (κ1) is 24.1. The molecule has 0 aliphatic carbocycles. The third-order valence-corrected chi connectivity index (χ3v) is 8.20. The van der Waals surface area contributed by atoms with E-state index in [9.17, 15) is 22.4 Å². The zero-order valence-corrected chi connectivity index (χ0v) is 20.0. The Labute approximate surface area is 197 Å². The highest BCUT2D eigenvalue weighted by molar-refractivity contribution is 7.89. The Hall–Kier alpha value is -3.04. The van der Waals surface area contributed by atoms with Gasteiger partial charge in [-0.3, -0.25) is 4.79 Å². The van der Waals surface area contributed by atoms with Crippen molar-refractivity contribution in [3.05, 3.63) is 75.4 Å². The molecule has 7 nitrogen and oxygen atoms in total. The third-order valence-electron chi connectivity index (χ3n) is 6.29. The van der Waals surface area contributed by atoms with E-state index in [-0.39, 0.29) is 43.3 Å². The Kier molecular flexibility index (Phi) is 6.86. The molecule has 0 N–H and O–H groups in total. The molecule has 34 heavy (non-hydrogen) atoms. The number of fused-ring (bicyclic) bond motifs is 1. The van der Waals surface area contributed by atoms with Crippen LogP contribution in [0.2, 0.25) is 0 Å². The van der Waals surface area contributed by atoms with Crippen molar-refractivity contribution < 1.29 is 22.0 Å². The molecular formula is C25H27FN2O5S. The second-order valence-electron chi connectivity index (χ2n) is 8.59. The predicted molar refractivity (Wildman–Crippen MR) is 127 cm³/mol. The fourth-order valence-electron chi connectivity index (χ4n) is 4.32. The number of rotatable bonds is 5. The van der Waals surface area contributed by atoms with Crippen LogP contribution in [0.4, 0.5) is 4.39 Å². The lowest BCUT2D eigenvalue weighted by molar-refractivity contribution is -0.131. The lowest BCUT2D eigenvalue weighted by Gasteiger charge is -2.22. The molecule has 0 bridgehead atoms. The topological polar surface area (TPSA) is 87.9 Å². The Morgan fingerprint density at radius 1 is 1.03 bits per heavy atom. The van der Waals surface area contributed by atoms with Gasteiger partial charge in [-0.15, -0.1) is 0 Å². The van der Waals surface area contributed by atoms with E-state index in [1.54, 1.807) is 4.90 Å². The van der Waals surface area contributed by atoms with Crippen molar-refractivity contribution in [1.82, 2.24) is 9.21 Å². The molecule has 180 valence electrons. The molecule has 1 aromatic heterocycles. The second-order valence-corrected chi connectivity index (χ2v) is 10.5. The molecule has 4 rings (SSSR count). The molecule has 0 atom stereocenters. The summed E-state index contributed by atoms with van der Waals surface area (Å²) in [6.07, 6.45) is 0.876. The van der Waals surface area contributed by atoms with Gasteiger partial charge < -0.3 is 9.32 Å². The maximum Gasteiger partial charge on any atom is 0.339 e. The fraction of sp³-hybridized carbons (Fsp3) is 0.360. The maximum absolute atomic E-state index is 13.2. The summed E-state index contributed by atoms with van der Waals surface area (Å²) >= 11 is 0. The van der Waals surface area contributed by atoms with E-state index in [0.29, 0.717) is 24.1 Å². The molecule has 1 aliphatic heterocycles. The van der Waals surface area contributed by atoms with Crippen LogP contribution in [-0.4, -0.2) is 49.7 Å². The first-order chi connectivity index (χ1) is 16.2. The van der Waals surface area contributed by atoms with Gasteiger partial charge >= 0.3 is 5.63 Å². The van der Waals surface area contributed by atoms with Gasteiger partial charge in [-0.05, 0) is 68.1 Å². The van der Waals surface area contributed by atoms with Crippen LogP contribution in [0.3, 0.4) is 0 Å². The Bertz CT molecular complexity index is 1380. The molecule has 2 aromatic carbocycles. The van der Waals surface area contributed by atoms with E-state index >= 15 is 0 Å². The van der Waals surface area contributed by atoms with Gasteiger partial charge in [0, 0.05) is 43.5 Å². The van der Waals surface area contributed by atoms with E-state index in [2.05, 4.69) is 0 Å². The van der Waals surface area contributed by atoms with Crippen LogP contribution in [0.15, 0.2) is 56.6 Å². The number of carbonyl (C=O) groups excluding carboxylic acids is 1. The summed E-state index contributed by atoms with van der Waals surface area (Å²) < 4.78 is 45.8. The number of sulfonamides is 1. The van der Waals surface area contributed by atoms with Crippen molar-refractivity contribution in [2.24, 2.45) is 0 Å². The molecule has 3 aromatic rings. The number of hydrogen-bond donors (Lipinski definition) is 0. The van der Waals surface area contributed by atoms with Gasteiger partial charge in [0.05, 0.1) is 4.90 Å². The number of aryl methyl sites for hydroxylation is 2. The fourth-order valence-corrected chi connectivity index (χ4v) is 5.79. The Morgan fingerprint density at radius 3 is 2.50 bits per heavy atom. The van der Waals surface area contributed by atoms with Crippen LogP contribution >= 0.6 is 0 Å². The van der Waals surface area contributed by atoms with Gasteiger partial charge in [0.1, 0.15) is 11.4 Å². The number of halogens is 1. The molecule has 1 amide bonds. The van der Waals surface area contributed by atoms with Crippen LogP contribution < -0.4 is 5.63 Å². The van der Waals surface area contributed by atoms with Crippen molar-refractivity contribution in [3.63, 3.8) is 0 Å². The number of amides is 1. The Balaban J connectivity index is 1.42. The highest BCUT2D eigenvalue weighted by atomic mass is 32.2. The van der Waals surface area contributed by atoms with Crippen molar-refractivity contribution in [3.8, 4) is 0 Å². The minimum Gasteiger partial charge on any atom is -0.423 e.